The van der Waals surface area contributed by atoms with Crippen LogP contribution in [0.5, 0.6) is 0 Å². The maximum atomic E-state index is 14.1. The van der Waals surface area contributed by atoms with Gasteiger partial charge >= 0.3 is 12.4 Å². The van der Waals surface area contributed by atoms with E-state index in [0.29, 0.717) is 23.1 Å². The zero-order chi connectivity index (χ0) is 28.4. The van der Waals surface area contributed by atoms with Crippen LogP contribution in [0.4, 0.5) is 30.7 Å². The topological polar surface area (TPSA) is 56.5 Å². The Morgan fingerprint density at radius 3 is 2.08 bits per heavy atom. The maximum Gasteiger partial charge on any atom is 0.417 e. The van der Waals surface area contributed by atoms with Gasteiger partial charge < -0.3 is 4.57 Å². The van der Waals surface area contributed by atoms with Crippen molar-refractivity contribution in [1.29, 1.82) is 0 Å². The third kappa shape index (κ3) is 6.05. The van der Waals surface area contributed by atoms with Gasteiger partial charge in [0.15, 0.2) is 5.82 Å². The molecule has 2 aliphatic heterocycles. The molecule has 3 aromatic rings. The summed E-state index contributed by atoms with van der Waals surface area (Å²) in [5.74, 6) is -0.227. The molecule has 0 radical (unpaired) electrons. The monoisotopic (exact) mass is 547 g/mol. The summed E-state index contributed by atoms with van der Waals surface area (Å²) in [6.07, 6.45) is -6.62. The highest BCUT2D eigenvalue weighted by molar-refractivity contribution is 5.66. The van der Waals surface area contributed by atoms with Crippen LogP contribution in [0.15, 0.2) is 73.1 Å². The second kappa shape index (κ2) is 10.8. The summed E-state index contributed by atoms with van der Waals surface area (Å²) in [5, 5.41) is 7.76. The largest absolute Gasteiger partial charge is 0.417 e. The number of alkyl halides is 6. The predicted molar refractivity (Wildman–Crippen MR) is 130 cm³/mol. The lowest BCUT2D eigenvalue weighted by molar-refractivity contribution is -0.142. The van der Waals surface area contributed by atoms with Crippen molar-refractivity contribution in [3.05, 3.63) is 95.7 Å². The highest BCUT2D eigenvalue weighted by Crippen LogP contribution is 2.40. The molecule has 12 heteroatoms. The molecule has 39 heavy (non-hydrogen) atoms. The molecule has 0 atom stereocenters. The average molecular weight is 547 g/mol. The van der Waals surface area contributed by atoms with Crippen LogP contribution in [0.3, 0.4) is 0 Å². The Hall–Kier alpha value is -4.35. The molecule has 0 spiro atoms. The first-order valence-electron chi connectivity index (χ1n) is 11.7. The zero-order valence-corrected chi connectivity index (χ0v) is 20.5. The second-order valence-corrected chi connectivity index (χ2v) is 8.08. The Morgan fingerprint density at radius 1 is 0.718 bits per heavy atom. The number of nitrogens with zero attached hydrogens (tertiary/aromatic N) is 5. The van der Waals surface area contributed by atoms with Crippen molar-refractivity contribution in [3.63, 3.8) is 0 Å². The molecule has 2 aliphatic rings. The summed E-state index contributed by atoms with van der Waals surface area (Å²) in [7, 11) is 0. The molecular weight excluding hydrogens is 527 g/mol. The van der Waals surface area contributed by atoms with E-state index in [-0.39, 0.29) is 29.7 Å². The number of benzene rings is 2. The Balaban J connectivity index is 0.00000172. The van der Waals surface area contributed by atoms with E-state index < -0.39 is 34.9 Å². The molecule has 0 N–H and O–H groups in total. The van der Waals surface area contributed by atoms with E-state index >= 15 is 0 Å². The van der Waals surface area contributed by atoms with Gasteiger partial charge in [-0.15, -0.1) is 0 Å². The molecule has 0 saturated heterocycles. The number of halogens is 7. The molecule has 0 unspecified atom stereocenters. The first kappa shape index (κ1) is 27.7. The van der Waals surface area contributed by atoms with Gasteiger partial charge in [0, 0.05) is 18.0 Å². The van der Waals surface area contributed by atoms with Gasteiger partial charge in [0.1, 0.15) is 11.5 Å². The third-order valence-electron chi connectivity index (χ3n) is 5.53. The smallest absolute Gasteiger partial charge is 0.346 e. The van der Waals surface area contributed by atoms with Crippen LogP contribution in [0.1, 0.15) is 30.7 Å². The van der Waals surface area contributed by atoms with Crippen molar-refractivity contribution < 1.29 is 30.7 Å². The number of aromatic nitrogens is 5. The lowest BCUT2D eigenvalue weighted by Gasteiger charge is -2.15. The summed E-state index contributed by atoms with van der Waals surface area (Å²) in [6, 6.07) is 11.8. The van der Waals surface area contributed by atoms with E-state index in [4.69, 9.17) is 0 Å². The SMILES string of the molecule is CC.Fc1ccccc1-c1nc2ccn(Cc3ccc(-c4ccc(C(F)(F)F)cc4C(F)(F)F)nn3)cc-2n1. The van der Waals surface area contributed by atoms with Crippen LogP contribution in [0, 0.1) is 5.82 Å². The predicted octanol–water partition coefficient (Wildman–Crippen LogP) is 7.76. The molecule has 0 aliphatic carbocycles. The number of pyridine rings is 1. The Morgan fingerprint density at radius 2 is 1.44 bits per heavy atom. The van der Waals surface area contributed by atoms with Gasteiger partial charge in [-0.25, -0.2) is 14.4 Å². The molecule has 0 amide bonds. The summed E-state index contributed by atoms with van der Waals surface area (Å²) in [4.78, 5) is 8.69. The van der Waals surface area contributed by atoms with E-state index in [1.165, 1.54) is 18.2 Å². The summed E-state index contributed by atoms with van der Waals surface area (Å²) in [5.41, 5.74) is -1.93. The molecule has 0 fully saturated rings. The number of fused-ring (bicyclic) bond motifs is 1. The highest BCUT2D eigenvalue weighted by Gasteiger charge is 2.38. The molecule has 2 aromatic carbocycles. The van der Waals surface area contributed by atoms with Gasteiger partial charge in [-0.3, -0.25) is 0 Å². The Bertz CT molecular complexity index is 1540. The van der Waals surface area contributed by atoms with E-state index in [1.54, 1.807) is 41.2 Å². The van der Waals surface area contributed by atoms with Crippen LogP contribution in [0.25, 0.3) is 34.0 Å². The molecule has 5 nitrogen and oxygen atoms in total. The Labute approximate surface area is 218 Å². The molecule has 3 heterocycles. The van der Waals surface area contributed by atoms with Crippen LogP contribution >= 0.6 is 0 Å². The van der Waals surface area contributed by atoms with Crippen molar-refractivity contribution >= 4 is 0 Å². The van der Waals surface area contributed by atoms with E-state index in [1.807, 2.05) is 13.8 Å². The van der Waals surface area contributed by atoms with E-state index in [2.05, 4.69) is 20.2 Å². The molecule has 202 valence electrons. The van der Waals surface area contributed by atoms with Crippen LogP contribution in [0.2, 0.25) is 0 Å². The van der Waals surface area contributed by atoms with Gasteiger partial charge in [-0.05, 0) is 42.5 Å². The average Bonchev–Trinajstić information content (AvgIpc) is 3.32. The van der Waals surface area contributed by atoms with Gasteiger partial charge in [0.2, 0.25) is 0 Å². The first-order chi connectivity index (χ1) is 18.5. The fraction of sp³-hybridized carbons (Fsp3) is 0.185. The van der Waals surface area contributed by atoms with Crippen molar-refractivity contribution in [2.45, 2.75) is 32.7 Å². The molecule has 0 saturated carbocycles. The Kier molecular flexibility index (Phi) is 7.66. The number of hydrogen-bond acceptors (Lipinski definition) is 4. The van der Waals surface area contributed by atoms with Crippen LogP contribution in [-0.2, 0) is 18.9 Å². The van der Waals surface area contributed by atoms with Gasteiger partial charge in [0.05, 0.1) is 40.3 Å². The van der Waals surface area contributed by atoms with Gasteiger partial charge in [-0.1, -0.05) is 32.0 Å². The zero-order valence-electron chi connectivity index (χ0n) is 20.5. The van der Waals surface area contributed by atoms with Crippen molar-refractivity contribution in [3.8, 4) is 34.0 Å². The van der Waals surface area contributed by atoms with Gasteiger partial charge in [0.25, 0.3) is 0 Å². The minimum Gasteiger partial charge on any atom is -0.346 e. The maximum absolute atomic E-state index is 14.1. The van der Waals surface area contributed by atoms with Crippen LogP contribution < -0.4 is 0 Å². The van der Waals surface area contributed by atoms with E-state index in [9.17, 15) is 30.7 Å². The molecular formula is C27H20F7N5. The summed E-state index contributed by atoms with van der Waals surface area (Å²) >= 11 is 0. The number of rotatable bonds is 4. The number of hydrogen-bond donors (Lipinski definition) is 0. The highest BCUT2D eigenvalue weighted by atomic mass is 19.4. The minimum atomic E-state index is -5.02. The normalized spacial score (nSPS) is 11.8. The van der Waals surface area contributed by atoms with Crippen LogP contribution in [-0.4, -0.2) is 24.7 Å². The fourth-order valence-corrected chi connectivity index (χ4v) is 3.77. The quantitative estimate of drug-likeness (QED) is 0.216. The standard InChI is InChI=1S/C25H14F7N5.C2H6/c26-19-4-2-1-3-17(19)23-33-21-9-10-37(13-22(21)34-23)12-15-6-8-20(36-35-15)16-7-5-14(24(27,28)29)11-18(16)25(30,31)32;1-2/h1-11,13H,12H2;1-2H3. The third-order valence-corrected chi connectivity index (χ3v) is 5.53. The van der Waals surface area contributed by atoms with Crippen molar-refractivity contribution in [2.24, 2.45) is 0 Å². The fourth-order valence-electron chi connectivity index (χ4n) is 3.77. The van der Waals surface area contributed by atoms with Gasteiger partial charge in [-0.2, -0.15) is 36.5 Å². The molecule has 0 bridgehead atoms. The lowest BCUT2D eigenvalue weighted by atomic mass is 10.00. The lowest BCUT2D eigenvalue weighted by Crippen LogP contribution is -2.12. The first-order valence-corrected chi connectivity index (χ1v) is 11.7. The minimum absolute atomic E-state index is 0.0620. The van der Waals surface area contributed by atoms with E-state index in [0.717, 1.165) is 6.07 Å². The summed E-state index contributed by atoms with van der Waals surface area (Å²) < 4.78 is 95.0. The van der Waals surface area contributed by atoms with Crippen molar-refractivity contribution in [1.82, 2.24) is 24.7 Å². The summed E-state index contributed by atoms with van der Waals surface area (Å²) in [6.45, 7) is 4.17. The number of imidazole rings is 1. The molecule has 1 aromatic heterocycles. The van der Waals surface area contributed by atoms with Crippen molar-refractivity contribution in [2.75, 3.05) is 0 Å². The second-order valence-electron chi connectivity index (χ2n) is 8.08. The molecule has 5 rings (SSSR count).